The topological polar surface area (TPSA) is 75.4 Å². The van der Waals surface area contributed by atoms with E-state index in [1.807, 2.05) is 35.0 Å². The van der Waals surface area contributed by atoms with Crippen molar-refractivity contribution >= 4 is 27.6 Å². The highest BCUT2D eigenvalue weighted by Crippen LogP contribution is 2.38. The minimum absolute atomic E-state index is 0.162. The van der Waals surface area contributed by atoms with Crippen molar-refractivity contribution in [2.75, 3.05) is 6.54 Å². The van der Waals surface area contributed by atoms with Gasteiger partial charge < -0.3 is 14.6 Å². The molecule has 2 heterocycles. The molecule has 6 nitrogen and oxygen atoms in total. The molecule has 1 aliphatic heterocycles. The molecule has 130 valence electrons. The van der Waals surface area contributed by atoms with E-state index in [1.165, 1.54) is 6.92 Å². The molecule has 2 aromatic rings. The molecule has 0 spiro atoms. The number of hydrogen-bond acceptors (Lipinski definition) is 4. The number of hydrogen-bond donors (Lipinski definition) is 1. The first-order valence-electron chi connectivity index (χ1n) is 7.95. The minimum Gasteiger partial charge on any atom is -0.503 e. The first kappa shape index (κ1) is 17.4. The zero-order chi connectivity index (χ0) is 18.0. The molecule has 0 fully saturated rings. The van der Waals surface area contributed by atoms with Gasteiger partial charge in [-0.25, -0.2) is 4.98 Å². The van der Waals surface area contributed by atoms with Crippen LogP contribution in [-0.4, -0.2) is 37.8 Å². The Hall–Kier alpha value is -2.41. The fourth-order valence-electron chi connectivity index (χ4n) is 3.08. The fraction of sp³-hybridized carbons (Fsp3) is 0.278. The highest BCUT2D eigenvalue weighted by Gasteiger charge is 2.41. The molecule has 1 atom stereocenters. The summed E-state index contributed by atoms with van der Waals surface area (Å²) in [5.41, 5.74) is 0.961. The standard InChI is InChI=1S/C18H18BrN3O3/c1-12(23)15-16(13-3-5-14(19)6-4-13)22(18(25)17(15)24)9-2-8-21-10-7-20-11-21/h3-7,10-11,16,24H,2,8-9H2,1H3/t16-/m1/s1. The average Bonchev–Trinajstić information content (AvgIpc) is 3.17. The van der Waals surface area contributed by atoms with Crippen LogP contribution in [0, 0.1) is 0 Å². The first-order valence-corrected chi connectivity index (χ1v) is 8.74. The third-order valence-corrected chi connectivity index (χ3v) is 4.77. The molecule has 0 saturated carbocycles. The number of rotatable bonds is 6. The van der Waals surface area contributed by atoms with Gasteiger partial charge in [0, 0.05) is 30.0 Å². The number of aromatic nitrogens is 2. The van der Waals surface area contributed by atoms with Crippen LogP contribution in [0.4, 0.5) is 0 Å². The van der Waals surface area contributed by atoms with E-state index in [2.05, 4.69) is 20.9 Å². The summed E-state index contributed by atoms with van der Waals surface area (Å²) in [6, 6.07) is 6.87. The predicted octanol–water partition coefficient (Wildman–Crippen LogP) is 3.02. The van der Waals surface area contributed by atoms with Crippen LogP contribution in [0.25, 0.3) is 0 Å². The Kier molecular flexibility index (Phi) is 5.03. The molecule has 1 aliphatic rings. The highest BCUT2D eigenvalue weighted by atomic mass is 79.9. The second-order valence-corrected chi connectivity index (χ2v) is 6.84. The van der Waals surface area contributed by atoms with E-state index in [9.17, 15) is 14.7 Å². The van der Waals surface area contributed by atoms with Gasteiger partial charge in [-0.1, -0.05) is 28.1 Å². The van der Waals surface area contributed by atoms with Crippen molar-refractivity contribution in [3.63, 3.8) is 0 Å². The van der Waals surface area contributed by atoms with Gasteiger partial charge in [-0.3, -0.25) is 9.59 Å². The Bertz CT molecular complexity index is 813. The Labute approximate surface area is 153 Å². The Morgan fingerprint density at radius 2 is 2.00 bits per heavy atom. The first-order chi connectivity index (χ1) is 12.0. The maximum absolute atomic E-state index is 12.5. The van der Waals surface area contributed by atoms with Gasteiger partial charge in [-0.2, -0.15) is 0 Å². The lowest BCUT2D eigenvalue weighted by Crippen LogP contribution is -2.32. The maximum Gasteiger partial charge on any atom is 0.290 e. The number of carbonyl (C=O) groups is 2. The van der Waals surface area contributed by atoms with Crippen LogP contribution in [-0.2, 0) is 16.1 Å². The van der Waals surface area contributed by atoms with Gasteiger partial charge in [-0.15, -0.1) is 0 Å². The van der Waals surface area contributed by atoms with Gasteiger partial charge in [0.25, 0.3) is 5.91 Å². The Balaban J connectivity index is 1.85. The van der Waals surface area contributed by atoms with E-state index in [1.54, 1.807) is 17.4 Å². The number of aryl methyl sites for hydroxylation is 1. The number of carbonyl (C=O) groups excluding carboxylic acids is 2. The fourth-order valence-corrected chi connectivity index (χ4v) is 3.34. The number of halogens is 1. The average molecular weight is 404 g/mol. The zero-order valence-electron chi connectivity index (χ0n) is 13.7. The lowest BCUT2D eigenvalue weighted by atomic mass is 9.97. The van der Waals surface area contributed by atoms with E-state index in [0.717, 1.165) is 10.0 Å². The van der Waals surface area contributed by atoms with Gasteiger partial charge >= 0.3 is 0 Å². The summed E-state index contributed by atoms with van der Waals surface area (Å²) >= 11 is 3.38. The minimum atomic E-state index is -0.555. The lowest BCUT2D eigenvalue weighted by molar-refractivity contribution is -0.129. The van der Waals surface area contributed by atoms with Gasteiger partial charge in [0.05, 0.1) is 17.9 Å². The molecule has 0 saturated heterocycles. The predicted molar refractivity (Wildman–Crippen MR) is 95.8 cm³/mol. The lowest BCUT2D eigenvalue weighted by Gasteiger charge is -2.26. The molecule has 1 N–H and O–H groups in total. The van der Waals surface area contributed by atoms with Crippen LogP contribution < -0.4 is 0 Å². The molecule has 1 amide bonds. The smallest absolute Gasteiger partial charge is 0.290 e. The molecule has 1 aromatic heterocycles. The third-order valence-electron chi connectivity index (χ3n) is 4.24. The summed E-state index contributed by atoms with van der Waals surface area (Å²) in [6.07, 6.45) is 5.96. The number of imidazole rings is 1. The van der Waals surface area contributed by atoms with Crippen molar-refractivity contribution in [1.82, 2.24) is 14.5 Å². The molecular formula is C18H18BrN3O3. The van der Waals surface area contributed by atoms with Crippen LogP contribution in [0.5, 0.6) is 0 Å². The number of aliphatic hydroxyl groups is 1. The molecule has 0 radical (unpaired) electrons. The van der Waals surface area contributed by atoms with E-state index in [0.29, 0.717) is 19.5 Å². The normalized spacial score (nSPS) is 17.4. The highest BCUT2D eigenvalue weighted by molar-refractivity contribution is 9.10. The number of Topliss-reactive ketones (excluding diaryl/α,β-unsaturated/α-hetero) is 1. The number of nitrogens with zero attached hydrogens (tertiary/aromatic N) is 3. The van der Waals surface area contributed by atoms with Gasteiger partial charge in [0.1, 0.15) is 0 Å². The van der Waals surface area contributed by atoms with E-state index in [-0.39, 0.29) is 11.4 Å². The number of benzene rings is 1. The molecule has 25 heavy (non-hydrogen) atoms. The molecule has 1 aromatic carbocycles. The molecule has 3 rings (SSSR count). The van der Waals surface area contributed by atoms with Gasteiger partial charge in [-0.05, 0) is 31.0 Å². The van der Waals surface area contributed by atoms with Gasteiger partial charge in [0.2, 0.25) is 0 Å². The second-order valence-electron chi connectivity index (χ2n) is 5.93. The molecule has 0 aliphatic carbocycles. The van der Waals surface area contributed by atoms with Gasteiger partial charge in [0.15, 0.2) is 11.5 Å². The van der Waals surface area contributed by atoms with Crippen molar-refractivity contribution < 1.29 is 14.7 Å². The summed E-state index contributed by atoms with van der Waals surface area (Å²) in [4.78, 5) is 30.1. The zero-order valence-corrected chi connectivity index (χ0v) is 15.3. The summed E-state index contributed by atoms with van der Waals surface area (Å²) < 4.78 is 2.83. The van der Waals surface area contributed by atoms with Crippen molar-refractivity contribution in [1.29, 1.82) is 0 Å². The van der Waals surface area contributed by atoms with Crippen molar-refractivity contribution in [3.05, 3.63) is 64.4 Å². The quantitative estimate of drug-likeness (QED) is 0.803. The summed E-state index contributed by atoms with van der Waals surface area (Å²) in [7, 11) is 0. The van der Waals surface area contributed by atoms with E-state index in [4.69, 9.17) is 0 Å². The van der Waals surface area contributed by atoms with Crippen LogP contribution in [0.3, 0.4) is 0 Å². The summed E-state index contributed by atoms with van der Waals surface area (Å²) in [5.74, 6) is -1.23. The second kappa shape index (κ2) is 7.23. The third kappa shape index (κ3) is 3.51. The molecule has 7 heteroatoms. The Morgan fingerprint density at radius 3 is 2.60 bits per heavy atom. The van der Waals surface area contributed by atoms with E-state index < -0.39 is 17.7 Å². The van der Waals surface area contributed by atoms with Crippen LogP contribution in [0.15, 0.2) is 58.8 Å². The summed E-state index contributed by atoms with van der Waals surface area (Å²) in [6.45, 7) is 2.51. The number of ketones is 1. The van der Waals surface area contributed by atoms with E-state index >= 15 is 0 Å². The largest absolute Gasteiger partial charge is 0.503 e. The summed E-state index contributed by atoms with van der Waals surface area (Å²) in [5, 5.41) is 10.2. The maximum atomic E-state index is 12.5. The van der Waals surface area contributed by atoms with Crippen molar-refractivity contribution in [3.8, 4) is 0 Å². The van der Waals surface area contributed by atoms with Crippen LogP contribution in [0.2, 0.25) is 0 Å². The molecule has 0 bridgehead atoms. The Morgan fingerprint density at radius 1 is 1.28 bits per heavy atom. The van der Waals surface area contributed by atoms with Crippen molar-refractivity contribution in [2.45, 2.75) is 25.9 Å². The monoisotopic (exact) mass is 403 g/mol. The van der Waals surface area contributed by atoms with Crippen LogP contribution in [0.1, 0.15) is 24.9 Å². The van der Waals surface area contributed by atoms with Crippen molar-refractivity contribution in [2.24, 2.45) is 0 Å². The molecular weight excluding hydrogens is 386 g/mol. The SMILES string of the molecule is CC(=O)C1=C(O)C(=O)N(CCCn2ccnc2)[C@@H]1c1ccc(Br)cc1. The van der Waals surface area contributed by atoms with Crippen LogP contribution >= 0.6 is 15.9 Å². The number of aliphatic hydroxyl groups excluding tert-OH is 1. The molecule has 0 unspecified atom stereocenters. The number of amides is 1.